The molecule has 0 saturated heterocycles. The first-order valence-electron chi connectivity index (χ1n) is 8.53. The maximum atomic E-state index is 11.7. The normalized spacial score (nSPS) is 27.5. The summed E-state index contributed by atoms with van der Waals surface area (Å²) in [6, 6.07) is 0. The van der Waals surface area contributed by atoms with Gasteiger partial charge in [0.05, 0.1) is 18.1 Å². The van der Waals surface area contributed by atoms with E-state index in [1.807, 2.05) is 0 Å². The van der Waals surface area contributed by atoms with Crippen molar-refractivity contribution in [2.24, 2.45) is 11.3 Å². The van der Waals surface area contributed by atoms with E-state index in [-0.39, 0.29) is 6.61 Å². The number of rotatable bonds is 10. The van der Waals surface area contributed by atoms with Gasteiger partial charge in [-0.05, 0) is 44.4 Å². The Morgan fingerprint density at radius 1 is 1.29 bits per heavy atom. The molecule has 0 aromatic carbocycles. The van der Waals surface area contributed by atoms with E-state index in [1.165, 1.54) is 12.8 Å². The zero-order valence-corrected chi connectivity index (χ0v) is 13.6. The monoisotopic (exact) mass is 300 g/mol. The van der Waals surface area contributed by atoms with Crippen LogP contribution in [0.5, 0.6) is 0 Å². The van der Waals surface area contributed by atoms with Crippen LogP contribution in [0.1, 0.15) is 71.6 Å². The Balaban J connectivity index is 2.44. The first kappa shape index (κ1) is 18.4. The van der Waals surface area contributed by atoms with Crippen LogP contribution in [0, 0.1) is 11.3 Å². The Labute approximate surface area is 128 Å². The number of hydrogen-bond donors (Lipinski definition) is 2. The van der Waals surface area contributed by atoms with Gasteiger partial charge in [-0.25, -0.2) is 0 Å². The molecule has 0 spiro atoms. The number of carboxylic acid groups (broad SMARTS) is 1. The average Bonchev–Trinajstić information content (AvgIpc) is 2.46. The molecular weight excluding hydrogens is 268 g/mol. The zero-order valence-electron chi connectivity index (χ0n) is 13.6. The maximum absolute atomic E-state index is 11.7. The van der Waals surface area contributed by atoms with Crippen molar-refractivity contribution in [2.75, 3.05) is 13.2 Å². The Morgan fingerprint density at radius 2 is 1.95 bits per heavy atom. The van der Waals surface area contributed by atoms with E-state index in [1.54, 1.807) is 0 Å². The van der Waals surface area contributed by atoms with Crippen molar-refractivity contribution >= 4 is 5.97 Å². The van der Waals surface area contributed by atoms with Crippen molar-refractivity contribution in [1.82, 2.24) is 0 Å². The average molecular weight is 300 g/mol. The van der Waals surface area contributed by atoms with Gasteiger partial charge in [0.2, 0.25) is 0 Å². The van der Waals surface area contributed by atoms with Crippen LogP contribution >= 0.6 is 0 Å². The minimum Gasteiger partial charge on any atom is -0.481 e. The number of carboxylic acids is 1. The summed E-state index contributed by atoms with van der Waals surface area (Å²) in [6.07, 6.45) is 7.40. The molecule has 21 heavy (non-hydrogen) atoms. The van der Waals surface area contributed by atoms with Gasteiger partial charge >= 0.3 is 5.97 Å². The molecule has 0 aliphatic heterocycles. The predicted molar refractivity (Wildman–Crippen MR) is 83.3 cm³/mol. The van der Waals surface area contributed by atoms with Crippen molar-refractivity contribution in [3.05, 3.63) is 0 Å². The molecule has 1 atom stereocenters. The highest BCUT2D eigenvalue weighted by Gasteiger charge is 2.43. The first-order chi connectivity index (χ1) is 10.0. The SMILES string of the molecule is CCCCOCC(O)CC1(C(=O)O)CCC(CCC)CC1. The molecule has 124 valence electrons. The number of aliphatic carboxylic acids is 1. The second-order valence-corrected chi connectivity index (χ2v) is 6.60. The van der Waals surface area contributed by atoms with Gasteiger partial charge < -0.3 is 14.9 Å². The highest BCUT2D eigenvalue weighted by atomic mass is 16.5. The van der Waals surface area contributed by atoms with Gasteiger partial charge in [0.25, 0.3) is 0 Å². The number of ether oxygens (including phenoxy) is 1. The zero-order chi connectivity index (χ0) is 15.7. The molecule has 0 bridgehead atoms. The molecule has 0 aromatic rings. The second kappa shape index (κ2) is 9.42. The minimum absolute atomic E-state index is 0.257. The molecule has 1 aliphatic carbocycles. The summed E-state index contributed by atoms with van der Waals surface area (Å²) in [5, 5.41) is 19.7. The number of hydrogen-bond acceptors (Lipinski definition) is 3. The number of carbonyl (C=O) groups is 1. The van der Waals surface area contributed by atoms with Crippen LogP contribution < -0.4 is 0 Å². The molecule has 0 aromatic heterocycles. The Hall–Kier alpha value is -0.610. The van der Waals surface area contributed by atoms with Gasteiger partial charge in [0.1, 0.15) is 0 Å². The summed E-state index contributed by atoms with van der Waals surface area (Å²) >= 11 is 0. The predicted octanol–water partition coefficient (Wildman–Crippen LogP) is 3.62. The highest BCUT2D eigenvalue weighted by molar-refractivity contribution is 5.74. The maximum Gasteiger partial charge on any atom is 0.309 e. The molecule has 1 aliphatic rings. The molecule has 0 radical (unpaired) electrons. The summed E-state index contributed by atoms with van der Waals surface area (Å²) in [6.45, 7) is 5.17. The van der Waals surface area contributed by atoms with Crippen molar-refractivity contribution in [1.29, 1.82) is 0 Å². The van der Waals surface area contributed by atoms with Crippen molar-refractivity contribution in [3.8, 4) is 0 Å². The van der Waals surface area contributed by atoms with Crippen LogP contribution in [0.4, 0.5) is 0 Å². The number of unbranched alkanes of at least 4 members (excludes halogenated alkanes) is 1. The molecule has 1 fully saturated rings. The Morgan fingerprint density at radius 3 is 2.48 bits per heavy atom. The highest BCUT2D eigenvalue weighted by Crippen LogP contribution is 2.43. The summed E-state index contributed by atoms with van der Waals surface area (Å²) in [5.41, 5.74) is -0.738. The molecule has 2 N–H and O–H groups in total. The molecule has 1 saturated carbocycles. The Bertz CT molecular complexity index is 295. The number of aliphatic hydroxyl groups excluding tert-OH is 1. The molecular formula is C17H32O4. The third-order valence-electron chi connectivity index (χ3n) is 4.79. The molecule has 4 nitrogen and oxygen atoms in total. The van der Waals surface area contributed by atoms with Gasteiger partial charge in [0, 0.05) is 6.61 Å². The lowest BCUT2D eigenvalue weighted by Crippen LogP contribution is -2.39. The van der Waals surface area contributed by atoms with Crippen molar-refractivity contribution in [2.45, 2.75) is 77.7 Å². The smallest absolute Gasteiger partial charge is 0.309 e. The third kappa shape index (κ3) is 5.95. The van der Waals surface area contributed by atoms with E-state index in [9.17, 15) is 15.0 Å². The molecule has 1 rings (SSSR count). The third-order valence-corrected chi connectivity index (χ3v) is 4.79. The largest absolute Gasteiger partial charge is 0.481 e. The van der Waals surface area contributed by atoms with E-state index in [0.717, 1.165) is 25.7 Å². The van der Waals surface area contributed by atoms with Gasteiger partial charge in [-0.15, -0.1) is 0 Å². The standard InChI is InChI=1S/C17H32O4/c1-3-5-11-21-13-15(18)12-17(16(19)20)9-7-14(6-4-2)8-10-17/h14-15,18H,3-13H2,1-2H3,(H,19,20). The lowest BCUT2D eigenvalue weighted by atomic mass is 9.67. The van der Waals surface area contributed by atoms with Gasteiger partial charge in [-0.2, -0.15) is 0 Å². The summed E-state index contributed by atoms with van der Waals surface area (Å²) in [4.78, 5) is 11.7. The summed E-state index contributed by atoms with van der Waals surface area (Å²) < 4.78 is 5.42. The van der Waals surface area contributed by atoms with E-state index >= 15 is 0 Å². The fourth-order valence-corrected chi connectivity index (χ4v) is 3.41. The van der Waals surface area contributed by atoms with Crippen LogP contribution in [-0.2, 0) is 9.53 Å². The lowest BCUT2D eigenvalue weighted by molar-refractivity contribution is -0.155. The molecule has 0 amide bonds. The van der Waals surface area contributed by atoms with E-state index in [0.29, 0.717) is 31.8 Å². The summed E-state index contributed by atoms with van der Waals surface area (Å²) in [5.74, 6) is -0.0783. The van der Waals surface area contributed by atoms with Crippen molar-refractivity contribution in [3.63, 3.8) is 0 Å². The van der Waals surface area contributed by atoms with Crippen LogP contribution in [0.3, 0.4) is 0 Å². The fourth-order valence-electron chi connectivity index (χ4n) is 3.41. The van der Waals surface area contributed by atoms with Crippen LogP contribution in [-0.4, -0.2) is 35.5 Å². The minimum atomic E-state index is -0.745. The molecule has 4 heteroatoms. The van der Waals surface area contributed by atoms with Gasteiger partial charge in [-0.3, -0.25) is 4.79 Å². The molecule has 1 unspecified atom stereocenters. The number of aliphatic hydroxyl groups is 1. The van der Waals surface area contributed by atoms with Crippen LogP contribution in [0.2, 0.25) is 0 Å². The van der Waals surface area contributed by atoms with E-state index < -0.39 is 17.5 Å². The lowest BCUT2D eigenvalue weighted by Gasteiger charge is -2.38. The topological polar surface area (TPSA) is 66.8 Å². The van der Waals surface area contributed by atoms with Crippen LogP contribution in [0.15, 0.2) is 0 Å². The van der Waals surface area contributed by atoms with Gasteiger partial charge in [0.15, 0.2) is 0 Å². The van der Waals surface area contributed by atoms with Crippen molar-refractivity contribution < 1.29 is 19.7 Å². The van der Waals surface area contributed by atoms with Gasteiger partial charge in [-0.1, -0.05) is 33.1 Å². The Kier molecular flexibility index (Phi) is 8.27. The van der Waals surface area contributed by atoms with E-state index in [2.05, 4.69) is 13.8 Å². The first-order valence-corrected chi connectivity index (χ1v) is 8.53. The van der Waals surface area contributed by atoms with Crippen LogP contribution in [0.25, 0.3) is 0 Å². The molecule has 0 heterocycles. The fraction of sp³-hybridized carbons (Fsp3) is 0.941. The van der Waals surface area contributed by atoms with E-state index in [4.69, 9.17) is 4.74 Å². The quantitative estimate of drug-likeness (QED) is 0.605. The summed E-state index contributed by atoms with van der Waals surface area (Å²) in [7, 11) is 0. The second-order valence-electron chi connectivity index (χ2n) is 6.60.